The minimum absolute atomic E-state index is 0.349. The average Bonchev–Trinajstić information content (AvgIpc) is 2.30. The van der Waals surface area contributed by atoms with Crippen molar-refractivity contribution in [2.75, 3.05) is 14.2 Å². The Hall–Kier alpha value is -1.42. The second-order valence-corrected chi connectivity index (χ2v) is 5.24. The van der Waals surface area contributed by atoms with Crippen LogP contribution in [0.25, 0.3) is 0 Å². The maximum absolute atomic E-state index is 11.7. The van der Waals surface area contributed by atoms with E-state index in [-0.39, 0.29) is 0 Å². The monoisotopic (exact) mass is 284 g/mol. The van der Waals surface area contributed by atoms with Crippen LogP contribution in [0.15, 0.2) is 6.07 Å². The first-order valence-electron chi connectivity index (χ1n) is 6.13. The average molecular weight is 285 g/mol. The summed E-state index contributed by atoms with van der Waals surface area (Å²) >= 11 is 6.37. The molecule has 5 heteroatoms. The van der Waals surface area contributed by atoms with Gasteiger partial charge in [-0.3, -0.25) is 4.79 Å². The highest BCUT2D eigenvalue weighted by atomic mass is 35.5. The molecular weight excluding hydrogens is 268 g/mol. The lowest BCUT2D eigenvalue weighted by Crippen LogP contribution is -2.43. The summed E-state index contributed by atoms with van der Waals surface area (Å²) in [5, 5.41) is 9.91. The smallest absolute Gasteiger partial charge is 0.314 e. The third kappa shape index (κ3) is 1.94. The highest BCUT2D eigenvalue weighted by Crippen LogP contribution is 2.52. The Morgan fingerprint density at radius 3 is 2.37 bits per heavy atom. The highest BCUT2D eigenvalue weighted by Gasteiger charge is 2.49. The van der Waals surface area contributed by atoms with Crippen molar-refractivity contribution in [2.45, 2.75) is 31.6 Å². The van der Waals surface area contributed by atoms with Crippen LogP contribution in [0.3, 0.4) is 0 Å². The van der Waals surface area contributed by atoms with Crippen LogP contribution < -0.4 is 9.47 Å². The second-order valence-electron chi connectivity index (χ2n) is 4.86. The SMILES string of the molecule is COc1cc(C)c(OC)c(Cl)c1C1(C(=O)O)CCC1. The van der Waals surface area contributed by atoms with Gasteiger partial charge in [0.2, 0.25) is 0 Å². The van der Waals surface area contributed by atoms with Crippen LogP contribution in [0.1, 0.15) is 30.4 Å². The van der Waals surface area contributed by atoms with Gasteiger partial charge in [-0.25, -0.2) is 0 Å². The lowest BCUT2D eigenvalue weighted by molar-refractivity contribution is -0.147. The second kappa shape index (κ2) is 4.93. The van der Waals surface area contributed by atoms with Gasteiger partial charge in [0.1, 0.15) is 11.5 Å². The third-order valence-electron chi connectivity index (χ3n) is 3.89. The van der Waals surface area contributed by atoms with E-state index in [0.717, 1.165) is 12.0 Å². The number of methoxy groups -OCH3 is 2. The summed E-state index contributed by atoms with van der Waals surface area (Å²) in [5.74, 6) is 0.181. The molecule has 2 rings (SSSR count). The largest absolute Gasteiger partial charge is 0.496 e. The van der Waals surface area contributed by atoms with Crippen LogP contribution in [-0.2, 0) is 10.2 Å². The van der Waals surface area contributed by atoms with Gasteiger partial charge >= 0.3 is 5.97 Å². The molecule has 1 aliphatic rings. The summed E-state index contributed by atoms with van der Waals surface area (Å²) in [6.07, 6.45) is 2.03. The molecule has 0 spiro atoms. The molecule has 19 heavy (non-hydrogen) atoms. The predicted octanol–water partition coefficient (Wildman–Crippen LogP) is 3.17. The van der Waals surface area contributed by atoms with Crippen LogP contribution in [0.2, 0.25) is 5.02 Å². The fraction of sp³-hybridized carbons (Fsp3) is 0.500. The molecule has 0 aliphatic heterocycles. The van der Waals surface area contributed by atoms with Crippen molar-refractivity contribution in [3.8, 4) is 11.5 Å². The van der Waals surface area contributed by atoms with Gasteiger partial charge in [0.05, 0.1) is 24.7 Å². The number of aliphatic carboxylic acids is 1. The molecule has 1 aromatic carbocycles. The topological polar surface area (TPSA) is 55.8 Å². The van der Waals surface area contributed by atoms with Crippen LogP contribution >= 0.6 is 11.6 Å². The van der Waals surface area contributed by atoms with Crippen molar-refractivity contribution in [1.82, 2.24) is 0 Å². The summed E-state index contributed by atoms with van der Waals surface area (Å²) < 4.78 is 10.6. The highest BCUT2D eigenvalue weighted by molar-refractivity contribution is 6.33. The maximum atomic E-state index is 11.7. The van der Waals surface area contributed by atoms with Gasteiger partial charge in [-0.1, -0.05) is 18.0 Å². The molecule has 0 heterocycles. The van der Waals surface area contributed by atoms with E-state index >= 15 is 0 Å². The zero-order chi connectivity index (χ0) is 14.2. The maximum Gasteiger partial charge on any atom is 0.314 e. The molecule has 1 saturated carbocycles. The Kier molecular flexibility index (Phi) is 3.63. The summed E-state index contributed by atoms with van der Waals surface area (Å²) in [5.41, 5.74) is 0.425. The van der Waals surface area contributed by atoms with E-state index in [1.165, 1.54) is 14.2 Å². The molecule has 104 valence electrons. The molecule has 0 amide bonds. The third-order valence-corrected chi connectivity index (χ3v) is 4.25. The number of halogens is 1. The molecule has 1 fully saturated rings. The van der Waals surface area contributed by atoms with E-state index in [1.807, 2.05) is 6.92 Å². The molecule has 1 aromatic rings. The predicted molar refractivity (Wildman–Crippen MR) is 72.5 cm³/mol. The Balaban J connectivity index is 2.71. The summed E-state index contributed by atoms with van der Waals surface area (Å²) in [6.45, 7) is 1.85. The number of rotatable bonds is 4. The van der Waals surface area contributed by atoms with Crippen molar-refractivity contribution < 1.29 is 19.4 Å². The van der Waals surface area contributed by atoms with Gasteiger partial charge in [0.15, 0.2) is 0 Å². The van der Waals surface area contributed by atoms with Crippen molar-refractivity contribution >= 4 is 17.6 Å². The first-order chi connectivity index (χ1) is 8.97. The fourth-order valence-electron chi connectivity index (χ4n) is 2.69. The molecule has 1 N–H and O–H groups in total. The summed E-state index contributed by atoms with van der Waals surface area (Å²) in [6, 6.07) is 1.78. The Bertz CT molecular complexity index is 521. The lowest BCUT2D eigenvalue weighted by atomic mass is 9.64. The summed E-state index contributed by atoms with van der Waals surface area (Å²) in [7, 11) is 3.05. The van der Waals surface area contributed by atoms with E-state index in [4.69, 9.17) is 21.1 Å². The molecule has 0 unspecified atom stereocenters. The fourth-order valence-corrected chi connectivity index (χ4v) is 3.19. The first kappa shape index (κ1) is 14.0. The molecule has 0 radical (unpaired) electrons. The van der Waals surface area contributed by atoms with E-state index in [9.17, 15) is 9.90 Å². The molecular formula is C14H17ClO4. The van der Waals surface area contributed by atoms with Crippen molar-refractivity contribution in [3.05, 3.63) is 22.2 Å². The normalized spacial score (nSPS) is 16.6. The number of hydrogen-bond acceptors (Lipinski definition) is 3. The van der Waals surface area contributed by atoms with Gasteiger partial charge in [0, 0.05) is 5.56 Å². The minimum Gasteiger partial charge on any atom is -0.496 e. The zero-order valence-corrected chi connectivity index (χ0v) is 12.0. The van der Waals surface area contributed by atoms with Crippen molar-refractivity contribution in [3.63, 3.8) is 0 Å². The van der Waals surface area contributed by atoms with Gasteiger partial charge < -0.3 is 14.6 Å². The number of aryl methyl sites for hydroxylation is 1. The molecule has 4 nitrogen and oxygen atoms in total. The van der Waals surface area contributed by atoms with E-state index in [1.54, 1.807) is 6.07 Å². The van der Waals surface area contributed by atoms with Gasteiger partial charge in [-0.15, -0.1) is 0 Å². The number of carbonyl (C=O) groups is 1. The van der Waals surface area contributed by atoms with Crippen LogP contribution in [0.4, 0.5) is 0 Å². The van der Waals surface area contributed by atoms with Gasteiger partial charge in [0.25, 0.3) is 0 Å². The van der Waals surface area contributed by atoms with Crippen LogP contribution in [0, 0.1) is 6.92 Å². The van der Waals surface area contributed by atoms with E-state index < -0.39 is 11.4 Å². The first-order valence-corrected chi connectivity index (χ1v) is 6.50. The molecule has 0 aromatic heterocycles. The van der Waals surface area contributed by atoms with Gasteiger partial charge in [-0.2, -0.15) is 0 Å². The molecule has 1 aliphatic carbocycles. The number of ether oxygens (including phenoxy) is 2. The zero-order valence-electron chi connectivity index (χ0n) is 11.2. The minimum atomic E-state index is -0.941. The van der Waals surface area contributed by atoms with Crippen molar-refractivity contribution in [2.24, 2.45) is 0 Å². The Morgan fingerprint density at radius 2 is 2.00 bits per heavy atom. The Labute approximate surface area is 117 Å². The van der Waals surface area contributed by atoms with E-state index in [2.05, 4.69) is 0 Å². The lowest BCUT2D eigenvalue weighted by Gasteiger charge is -2.39. The van der Waals surface area contributed by atoms with Gasteiger partial charge in [-0.05, 0) is 31.4 Å². The summed E-state index contributed by atoms with van der Waals surface area (Å²) in [4.78, 5) is 11.7. The number of carboxylic acid groups (broad SMARTS) is 1. The van der Waals surface area contributed by atoms with E-state index in [0.29, 0.717) is 34.9 Å². The number of benzene rings is 1. The molecule has 0 atom stereocenters. The van der Waals surface area contributed by atoms with Crippen molar-refractivity contribution in [1.29, 1.82) is 0 Å². The number of hydrogen-bond donors (Lipinski definition) is 1. The Morgan fingerprint density at radius 1 is 1.37 bits per heavy atom. The number of carboxylic acids is 1. The van der Waals surface area contributed by atoms with Crippen LogP contribution in [-0.4, -0.2) is 25.3 Å². The molecule has 0 bridgehead atoms. The molecule has 0 saturated heterocycles. The quantitative estimate of drug-likeness (QED) is 0.923. The van der Waals surface area contributed by atoms with Crippen LogP contribution in [0.5, 0.6) is 11.5 Å². The standard InChI is InChI=1S/C14H17ClO4/c1-8-7-9(18-2)10(11(15)12(8)19-3)14(13(16)17)5-4-6-14/h7H,4-6H2,1-3H3,(H,16,17).